The zero-order valence-corrected chi connectivity index (χ0v) is 13.1. The van der Waals surface area contributed by atoms with Crippen molar-refractivity contribution in [3.8, 4) is 5.75 Å². The third-order valence-corrected chi connectivity index (χ3v) is 3.51. The number of benzene rings is 2. The molecule has 0 aliphatic rings. The highest BCUT2D eigenvalue weighted by atomic mass is 79.9. The number of phenols is 1. The Morgan fingerprint density at radius 2 is 2.00 bits per heavy atom. The lowest BCUT2D eigenvalue weighted by molar-refractivity contribution is -0.384. The standard InChI is InChI=1S/C13H8Br2N2O3/c14-9-4-8(13(18)12(15)5-9)7-16-10-2-1-3-11(6-10)17(19)20/h1-7,18H. The number of non-ortho nitro benzene ring substituents is 1. The van der Waals surface area contributed by atoms with E-state index in [0.29, 0.717) is 15.7 Å². The molecule has 0 saturated heterocycles. The van der Waals surface area contributed by atoms with Crippen LogP contribution in [0.4, 0.5) is 11.4 Å². The molecule has 2 aromatic carbocycles. The normalized spacial score (nSPS) is 10.9. The number of hydrogen-bond donors (Lipinski definition) is 1. The van der Waals surface area contributed by atoms with Crippen molar-refractivity contribution < 1.29 is 10.0 Å². The van der Waals surface area contributed by atoms with Gasteiger partial charge in [0.25, 0.3) is 5.69 Å². The summed E-state index contributed by atoms with van der Waals surface area (Å²) in [4.78, 5) is 14.3. The van der Waals surface area contributed by atoms with Gasteiger partial charge in [-0.15, -0.1) is 0 Å². The Morgan fingerprint density at radius 3 is 2.70 bits per heavy atom. The number of hydrogen-bond acceptors (Lipinski definition) is 4. The maximum absolute atomic E-state index is 10.7. The van der Waals surface area contributed by atoms with Crippen LogP contribution in [0.15, 0.2) is 50.3 Å². The number of rotatable bonds is 3. The van der Waals surface area contributed by atoms with Gasteiger partial charge in [-0.1, -0.05) is 22.0 Å². The molecule has 20 heavy (non-hydrogen) atoms. The van der Waals surface area contributed by atoms with Crippen LogP contribution in [0.2, 0.25) is 0 Å². The van der Waals surface area contributed by atoms with Crippen molar-refractivity contribution in [1.82, 2.24) is 0 Å². The maximum atomic E-state index is 10.7. The summed E-state index contributed by atoms with van der Waals surface area (Å²) >= 11 is 6.53. The average Bonchev–Trinajstić information content (AvgIpc) is 2.41. The van der Waals surface area contributed by atoms with Gasteiger partial charge in [0.2, 0.25) is 0 Å². The summed E-state index contributed by atoms with van der Waals surface area (Å²) in [5.74, 6) is 0.0578. The molecule has 2 aromatic rings. The second-order valence-corrected chi connectivity index (χ2v) is 5.63. The lowest BCUT2D eigenvalue weighted by Gasteiger charge is -2.02. The van der Waals surface area contributed by atoms with E-state index in [1.165, 1.54) is 18.3 Å². The summed E-state index contributed by atoms with van der Waals surface area (Å²) in [6.07, 6.45) is 1.45. The highest BCUT2D eigenvalue weighted by Gasteiger charge is 2.07. The summed E-state index contributed by atoms with van der Waals surface area (Å²) in [5, 5.41) is 20.5. The molecule has 0 radical (unpaired) electrons. The van der Waals surface area contributed by atoms with Crippen LogP contribution in [0.1, 0.15) is 5.56 Å². The van der Waals surface area contributed by atoms with Crippen LogP contribution >= 0.6 is 31.9 Å². The number of phenolic OH excluding ortho intramolecular Hbond substituents is 1. The fourth-order valence-corrected chi connectivity index (χ4v) is 2.77. The lowest BCUT2D eigenvalue weighted by atomic mass is 10.2. The first-order valence-corrected chi connectivity index (χ1v) is 7.02. The molecular formula is C13H8Br2N2O3. The summed E-state index contributed by atoms with van der Waals surface area (Å²) in [5.41, 5.74) is 0.909. The van der Waals surface area contributed by atoms with E-state index < -0.39 is 4.92 Å². The van der Waals surface area contributed by atoms with Gasteiger partial charge in [-0.3, -0.25) is 15.1 Å². The van der Waals surface area contributed by atoms with Gasteiger partial charge in [0.05, 0.1) is 15.1 Å². The van der Waals surface area contributed by atoms with Crippen molar-refractivity contribution in [2.75, 3.05) is 0 Å². The molecule has 102 valence electrons. The molecule has 0 fully saturated rings. The van der Waals surface area contributed by atoms with E-state index in [-0.39, 0.29) is 11.4 Å². The Bertz CT molecular complexity index is 702. The summed E-state index contributed by atoms with van der Waals surface area (Å²) in [6.45, 7) is 0. The zero-order chi connectivity index (χ0) is 14.7. The topological polar surface area (TPSA) is 75.7 Å². The Hall–Kier alpha value is -1.73. The molecule has 7 heteroatoms. The number of aliphatic imine (C=N–C) groups is 1. The zero-order valence-electron chi connectivity index (χ0n) is 9.96. The highest BCUT2D eigenvalue weighted by Crippen LogP contribution is 2.31. The first-order chi connectivity index (χ1) is 9.47. The molecule has 0 saturated carbocycles. The van der Waals surface area contributed by atoms with Crippen LogP contribution < -0.4 is 0 Å². The number of halogens is 2. The van der Waals surface area contributed by atoms with Gasteiger partial charge in [0, 0.05) is 28.4 Å². The molecule has 5 nitrogen and oxygen atoms in total. The molecule has 0 atom stereocenters. The summed E-state index contributed by atoms with van der Waals surface area (Å²) in [7, 11) is 0. The summed E-state index contributed by atoms with van der Waals surface area (Å²) in [6, 6.07) is 9.36. The molecule has 0 aliphatic heterocycles. The van der Waals surface area contributed by atoms with E-state index in [4.69, 9.17) is 0 Å². The van der Waals surface area contributed by atoms with Crippen LogP contribution in [-0.2, 0) is 0 Å². The number of nitro groups is 1. The first kappa shape index (κ1) is 14.7. The first-order valence-electron chi connectivity index (χ1n) is 5.44. The van der Waals surface area contributed by atoms with Gasteiger partial charge in [0.15, 0.2) is 0 Å². The van der Waals surface area contributed by atoms with Crippen molar-refractivity contribution in [3.05, 3.63) is 61.0 Å². The Labute approximate surface area is 131 Å². The van der Waals surface area contributed by atoms with Gasteiger partial charge in [-0.05, 0) is 34.1 Å². The molecule has 0 bridgehead atoms. The smallest absolute Gasteiger partial charge is 0.271 e. The molecular weight excluding hydrogens is 392 g/mol. The predicted molar refractivity (Wildman–Crippen MR) is 83.9 cm³/mol. The van der Waals surface area contributed by atoms with Crippen LogP contribution in [0.5, 0.6) is 5.75 Å². The molecule has 1 N–H and O–H groups in total. The second-order valence-electron chi connectivity index (χ2n) is 3.86. The molecule has 0 aromatic heterocycles. The van der Waals surface area contributed by atoms with E-state index in [9.17, 15) is 15.2 Å². The predicted octanol–water partition coefficient (Wildman–Crippen LogP) is 4.58. The monoisotopic (exact) mass is 398 g/mol. The molecule has 0 unspecified atom stereocenters. The van der Waals surface area contributed by atoms with Crippen molar-refractivity contribution in [3.63, 3.8) is 0 Å². The number of nitro benzene ring substituents is 1. The van der Waals surface area contributed by atoms with E-state index in [2.05, 4.69) is 36.9 Å². The molecule has 0 aliphatic carbocycles. The Kier molecular flexibility index (Phi) is 4.51. The fourth-order valence-electron chi connectivity index (χ4n) is 1.52. The van der Waals surface area contributed by atoms with Gasteiger partial charge in [-0.2, -0.15) is 0 Å². The number of aromatic hydroxyl groups is 1. The van der Waals surface area contributed by atoms with E-state index in [1.54, 1.807) is 24.3 Å². The molecule has 0 spiro atoms. The van der Waals surface area contributed by atoms with E-state index in [1.807, 2.05) is 0 Å². The van der Waals surface area contributed by atoms with Crippen LogP contribution in [0.3, 0.4) is 0 Å². The Balaban J connectivity index is 2.34. The van der Waals surface area contributed by atoms with E-state index >= 15 is 0 Å². The van der Waals surface area contributed by atoms with Crippen molar-refractivity contribution in [2.45, 2.75) is 0 Å². The van der Waals surface area contributed by atoms with Gasteiger partial charge < -0.3 is 5.11 Å². The summed E-state index contributed by atoms with van der Waals surface area (Å²) < 4.78 is 1.31. The SMILES string of the molecule is O=[N+]([O-])c1cccc(N=Cc2cc(Br)cc(Br)c2O)c1. The molecule has 0 amide bonds. The Morgan fingerprint density at radius 1 is 1.25 bits per heavy atom. The lowest BCUT2D eigenvalue weighted by Crippen LogP contribution is -1.87. The van der Waals surface area contributed by atoms with Crippen LogP contribution in [0.25, 0.3) is 0 Å². The molecule has 2 rings (SSSR count). The second kappa shape index (κ2) is 6.15. The fraction of sp³-hybridized carbons (Fsp3) is 0. The minimum Gasteiger partial charge on any atom is -0.506 e. The highest BCUT2D eigenvalue weighted by molar-refractivity contribution is 9.11. The van der Waals surface area contributed by atoms with Crippen molar-refractivity contribution >= 4 is 49.4 Å². The van der Waals surface area contributed by atoms with Crippen LogP contribution in [-0.4, -0.2) is 16.2 Å². The maximum Gasteiger partial charge on any atom is 0.271 e. The third kappa shape index (κ3) is 3.43. The van der Waals surface area contributed by atoms with Gasteiger partial charge in [-0.25, -0.2) is 0 Å². The van der Waals surface area contributed by atoms with Gasteiger partial charge >= 0.3 is 0 Å². The third-order valence-electron chi connectivity index (χ3n) is 2.45. The van der Waals surface area contributed by atoms with Crippen LogP contribution in [0, 0.1) is 10.1 Å². The molecule has 0 heterocycles. The minimum atomic E-state index is -0.480. The largest absolute Gasteiger partial charge is 0.506 e. The average molecular weight is 400 g/mol. The van der Waals surface area contributed by atoms with E-state index in [0.717, 1.165) is 4.47 Å². The quantitative estimate of drug-likeness (QED) is 0.466. The van der Waals surface area contributed by atoms with Crippen molar-refractivity contribution in [2.24, 2.45) is 4.99 Å². The number of nitrogens with zero attached hydrogens (tertiary/aromatic N) is 2. The van der Waals surface area contributed by atoms with Gasteiger partial charge in [0.1, 0.15) is 5.75 Å². The minimum absolute atomic E-state index is 0.0284. The van der Waals surface area contributed by atoms with Crippen molar-refractivity contribution in [1.29, 1.82) is 0 Å².